The van der Waals surface area contributed by atoms with Crippen molar-refractivity contribution in [3.63, 3.8) is 0 Å². The summed E-state index contributed by atoms with van der Waals surface area (Å²) in [6.07, 6.45) is -1.39. The molecule has 20 heavy (non-hydrogen) atoms. The Morgan fingerprint density at radius 1 is 1.30 bits per heavy atom. The van der Waals surface area contributed by atoms with Crippen LogP contribution in [0.25, 0.3) is 0 Å². The fourth-order valence-electron chi connectivity index (χ4n) is 2.74. The summed E-state index contributed by atoms with van der Waals surface area (Å²) < 4.78 is 41.0. The third-order valence-electron chi connectivity index (χ3n) is 3.75. The Morgan fingerprint density at radius 2 is 2.00 bits per heavy atom. The molecule has 0 saturated heterocycles. The number of rotatable bonds is 4. The lowest BCUT2D eigenvalue weighted by Gasteiger charge is -2.19. The largest absolute Gasteiger partial charge is 0.573 e. The Bertz CT molecular complexity index is 457. The van der Waals surface area contributed by atoms with Gasteiger partial charge >= 0.3 is 6.36 Å². The van der Waals surface area contributed by atoms with Crippen molar-refractivity contribution in [1.82, 2.24) is 5.32 Å². The van der Waals surface area contributed by atoms with E-state index in [0.29, 0.717) is 23.6 Å². The van der Waals surface area contributed by atoms with E-state index in [1.165, 1.54) is 6.07 Å². The zero-order valence-electron chi connectivity index (χ0n) is 11.8. The molecule has 0 bridgehead atoms. The molecule has 5 heteroatoms. The molecule has 1 aromatic carbocycles. The van der Waals surface area contributed by atoms with Gasteiger partial charge in [0.15, 0.2) is 0 Å². The fraction of sp³-hybridized carbons (Fsp3) is 0.600. The molecule has 1 atom stereocenters. The molecule has 0 aromatic heterocycles. The van der Waals surface area contributed by atoms with Crippen LogP contribution in [0.5, 0.6) is 5.75 Å². The molecule has 1 saturated carbocycles. The highest BCUT2D eigenvalue weighted by atomic mass is 19.4. The van der Waals surface area contributed by atoms with Crippen LogP contribution in [0.1, 0.15) is 38.7 Å². The average Bonchev–Trinajstić information content (AvgIpc) is 2.66. The lowest BCUT2D eigenvalue weighted by atomic mass is 9.92. The van der Waals surface area contributed by atoms with E-state index in [1.807, 2.05) is 0 Å². The van der Waals surface area contributed by atoms with Crippen molar-refractivity contribution in [3.05, 3.63) is 29.8 Å². The van der Waals surface area contributed by atoms with Crippen molar-refractivity contribution in [2.45, 2.75) is 52.1 Å². The standard InChI is InChI=1S/C15H20F3NO/c1-14(2)8-7-12(9-14)19-10-11-5-3-4-6-13(11)20-15(16,17)18/h3-6,12,19H,7-10H2,1-2H3. The number of alkyl halides is 3. The van der Waals surface area contributed by atoms with Gasteiger partial charge in [-0.25, -0.2) is 0 Å². The van der Waals surface area contributed by atoms with Crippen molar-refractivity contribution < 1.29 is 17.9 Å². The van der Waals surface area contributed by atoms with Gasteiger partial charge in [0.05, 0.1) is 0 Å². The van der Waals surface area contributed by atoms with Crippen molar-refractivity contribution in [2.75, 3.05) is 0 Å². The van der Waals surface area contributed by atoms with E-state index >= 15 is 0 Å². The normalized spacial score (nSPS) is 21.9. The second kappa shape index (κ2) is 5.64. The Labute approximate surface area is 117 Å². The first kappa shape index (κ1) is 15.2. The molecule has 0 aliphatic heterocycles. The number of hydrogen-bond acceptors (Lipinski definition) is 2. The summed E-state index contributed by atoms with van der Waals surface area (Å²) in [5.41, 5.74) is 0.856. The van der Waals surface area contributed by atoms with Gasteiger partial charge in [-0.15, -0.1) is 13.2 Å². The van der Waals surface area contributed by atoms with Crippen LogP contribution >= 0.6 is 0 Å². The molecule has 2 nitrogen and oxygen atoms in total. The van der Waals surface area contributed by atoms with Crippen molar-refractivity contribution in [3.8, 4) is 5.75 Å². The van der Waals surface area contributed by atoms with Crippen LogP contribution < -0.4 is 10.1 Å². The van der Waals surface area contributed by atoms with Crippen LogP contribution in [0.4, 0.5) is 13.2 Å². The van der Waals surface area contributed by atoms with Gasteiger partial charge in [-0.3, -0.25) is 0 Å². The predicted octanol–water partition coefficient (Wildman–Crippen LogP) is 4.25. The molecule has 0 heterocycles. The summed E-state index contributed by atoms with van der Waals surface area (Å²) in [5.74, 6) is -0.121. The summed E-state index contributed by atoms with van der Waals surface area (Å²) in [4.78, 5) is 0. The average molecular weight is 287 g/mol. The maximum Gasteiger partial charge on any atom is 0.573 e. The highest BCUT2D eigenvalue weighted by Crippen LogP contribution is 2.37. The second-order valence-corrected chi connectivity index (χ2v) is 6.14. The van der Waals surface area contributed by atoms with Crippen molar-refractivity contribution in [2.24, 2.45) is 5.41 Å². The number of nitrogens with one attached hydrogen (secondary N) is 1. The Balaban J connectivity index is 1.96. The highest BCUT2D eigenvalue weighted by molar-refractivity contribution is 5.33. The molecule has 112 valence electrons. The predicted molar refractivity (Wildman–Crippen MR) is 71.4 cm³/mol. The van der Waals surface area contributed by atoms with Gasteiger partial charge in [-0.1, -0.05) is 32.0 Å². The van der Waals surface area contributed by atoms with Gasteiger partial charge in [0, 0.05) is 18.2 Å². The second-order valence-electron chi connectivity index (χ2n) is 6.14. The third kappa shape index (κ3) is 4.40. The van der Waals surface area contributed by atoms with Gasteiger partial charge in [0.1, 0.15) is 5.75 Å². The molecule has 0 amide bonds. The molecule has 1 aliphatic carbocycles. The van der Waals surface area contributed by atoms with Gasteiger partial charge in [0.25, 0.3) is 0 Å². The van der Waals surface area contributed by atoms with Crippen molar-refractivity contribution >= 4 is 0 Å². The number of benzene rings is 1. The zero-order chi connectivity index (χ0) is 14.8. The van der Waals surface area contributed by atoms with Crippen LogP contribution in [0, 0.1) is 5.41 Å². The molecular weight excluding hydrogens is 267 g/mol. The Hall–Kier alpha value is -1.23. The van der Waals surface area contributed by atoms with Crippen LogP contribution in [0.3, 0.4) is 0 Å². The molecule has 1 aromatic rings. The molecule has 1 aliphatic rings. The molecule has 1 unspecified atom stereocenters. The van der Waals surface area contributed by atoms with E-state index in [0.717, 1.165) is 19.3 Å². The quantitative estimate of drug-likeness (QED) is 0.893. The van der Waals surface area contributed by atoms with E-state index in [1.54, 1.807) is 18.2 Å². The van der Waals surface area contributed by atoms with Gasteiger partial charge < -0.3 is 10.1 Å². The van der Waals surface area contributed by atoms with Gasteiger partial charge in [-0.2, -0.15) is 0 Å². The van der Waals surface area contributed by atoms with Crippen LogP contribution in [-0.2, 0) is 6.54 Å². The van der Waals surface area contributed by atoms with E-state index in [-0.39, 0.29) is 5.75 Å². The zero-order valence-corrected chi connectivity index (χ0v) is 11.8. The Kier molecular flexibility index (Phi) is 4.28. The number of hydrogen-bond donors (Lipinski definition) is 1. The van der Waals surface area contributed by atoms with E-state index < -0.39 is 6.36 Å². The highest BCUT2D eigenvalue weighted by Gasteiger charge is 2.33. The fourth-order valence-corrected chi connectivity index (χ4v) is 2.74. The van der Waals surface area contributed by atoms with Crippen LogP contribution in [0.2, 0.25) is 0 Å². The third-order valence-corrected chi connectivity index (χ3v) is 3.75. The minimum absolute atomic E-state index is 0.121. The lowest BCUT2D eigenvalue weighted by Crippen LogP contribution is -2.27. The monoisotopic (exact) mass is 287 g/mol. The topological polar surface area (TPSA) is 21.3 Å². The van der Waals surface area contributed by atoms with Crippen LogP contribution in [0.15, 0.2) is 24.3 Å². The van der Waals surface area contributed by atoms with E-state index in [2.05, 4.69) is 23.9 Å². The molecule has 0 radical (unpaired) electrons. The lowest BCUT2D eigenvalue weighted by molar-refractivity contribution is -0.274. The first-order valence-electron chi connectivity index (χ1n) is 6.82. The number of ether oxygens (including phenoxy) is 1. The molecule has 1 fully saturated rings. The summed E-state index contributed by atoms with van der Waals surface area (Å²) in [5, 5.41) is 3.33. The van der Waals surface area contributed by atoms with E-state index in [9.17, 15) is 13.2 Å². The molecule has 1 N–H and O–H groups in total. The number of para-hydroxylation sites is 1. The summed E-state index contributed by atoms with van der Waals surface area (Å²) in [6.45, 7) is 4.83. The van der Waals surface area contributed by atoms with E-state index in [4.69, 9.17) is 0 Å². The first-order chi connectivity index (χ1) is 9.25. The van der Waals surface area contributed by atoms with Gasteiger partial charge in [-0.05, 0) is 30.7 Å². The molecular formula is C15H20F3NO. The smallest absolute Gasteiger partial charge is 0.405 e. The number of halogens is 3. The van der Waals surface area contributed by atoms with Crippen molar-refractivity contribution in [1.29, 1.82) is 0 Å². The molecule has 2 rings (SSSR count). The maximum atomic E-state index is 12.3. The SMILES string of the molecule is CC1(C)CCC(NCc2ccccc2OC(F)(F)F)C1. The van der Waals surface area contributed by atoms with Crippen LogP contribution in [-0.4, -0.2) is 12.4 Å². The maximum absolute atomic E-state index is 12.3. The Morgan fingerprint density at radius 3 is 2.60 bits per heavy atom. The summed E-state index contributed by atoms with van der Waals surface area (Å²) >= 11 is 0. The minimum Gasteiger partial charge on any atom is -0.405 e. The summed E-state index contributed by atoms with van der Waals surface area (Å²) in [6, 6.07) is 6.64. The first-order valence-corrected chi connectivity index (χ1v) is 6.82. The molecule has 0 spiro atoms. The minimum atomic E-state index is -4.65. The summed E-state index contributed by atoms with van der Waals surface area (Å²) in [7, 11) is 0. The van der Waals surface area contributed by atoms with Gasteiger partial charge in [0.2, 0.25) is 0 Å².